The first-order valence-corrected chi connectivity index (χ1v) is 8.18. The zero-order valence-corrected chi connectivity index (χ0v) is 13.0. The van der Waals surface area contributed by atoms with Crippen LogP contribution in [0, 0.1) is 0 Å². The van der Waals surface area contributed by atoms with Crippen LogP contribution in [0.1, 0.15) is 31.5 Å². The maximum Gasteiger partial charge on any atom is 0.123 e. The summed E-state index contributed by atoms with van der Waals surface area (Å²) >= 11 is 0. The molecular weight excluding hydrogens is 260 g/mol. The van der Waals surface area contributed by atoms with Gasteiger partial charge in [0.15, 0.2) is 0 Å². The normalized spacial score (nSPS) is 16.6. The monoisotopic (exact) mass is 286 g/mol. The Labute approximate surface area is 127 Å². The molecule has 1 aliphatic heterocycles. The van der Waals surface area contributed by atoms with Gasteiger partial charge in [-0.1, -0.05) is 18.6 Å². The number of aromatic nitrogens is 2. The second-order valence-electron chi connectivity index (χ2n) is 6.01. The molecule has 1 saturated heterocycles. The highest BCUT2D eigenvalue weighted by Gasteiger charge is 2.09. The van der Waals surface area contributed by atoms with Gasteiger partial charge in [-0.2, -0.15) is 0 Å². The predicted octanol–water partition coefficient (Wildman–Crippen LogP) is 2.54. The van der Waals surface area contributed by atoms with Crippen LogP contribution in [0.2, 0.25) is 0 Å². The van der Waals surface area contributed by atoms with E-state index in [1.165, 1.54) is 50.8 Å². The Morgan fingerprint density at radius 3 is 2.76 bits per heavy atom. The molecule has 114 valence electrons. The average molecular weight is 286 g/mol. The van der Waals surface area contributed by atoms with Gasteiger partial charge in [0, 0.05) is 7.05 Å². The van der Waals surface area contributed by atoms with Crippen molar-refractivity contribution in [1.82, 2.24) is 19.8 Å². The number of para-hydroxylation sites is 2. The molecule has 4 heteroatoms. The van der Waals surface area contributed by atoms with Gasteiger partial charge in [-0.25, -0.2) is 4.98 Å². The molecule has 2 aromatic rings. The zero-order chi connectivity index (χ0) is 14.5. The minimum absolute atomic E-state index is 0.852. The molecule has 0 atom stereocenters. The van der Waals surface area contributed by atoms with Crippen LogP contribution in [-0.4, -0.2) is 40.6 Å². The van der Waals surface area contributed by atoms with Crippen molar-refractivity contribution in [1.29, 1.82) is 0 Å². The van der Waals surface area contributed by atoms with Crippen LogP contribution in [-0.2, 0) is 13.6 Å². The highest BCUT2D eigenvalue weighted by Crippen LogP contribution is 2.14. The molecule has 3 rings (SSSR count). The SMILES string of the molecule is Cn1c(CNCCCN2CCCCC2)nc2ccccc21. The number of aryl methyl sites for hydroxylation is 1. The highest BCUT2D eigenvalue weighted by atomic mass is 15.1. The number of hydrogen-bond acceptors (Lipinski definition) is 3. The van der Waals surface area contributed by atoms with E-state index in [4.69, 9.17) is 0 Å². The Kier molecular flexibility index (Phi) is 4.88. The van der Waals surface area contributed by atoms with E-state index in [9.17, 15) is 0 Å². The first-order chi connectivity index (χ1) is 10.3. The number of fused-ring (bicyclic) bond motifs is 1. The molecule has 0 unspecified atom stereocenters. The Morgan fingerprint density at radius 2 is 1.95 bits per heavy atom. The van der Waals surface area contributed by atoms with Crippen molar-refractivity contribution in [2.45, 2.75) is 32.2 Å². The van der Waals surface area contributed by atoms with Gasteiger partial charge in [0.1, 0.15) is 5.82 Å². The summed E-state index contributed by atoms with van der Waals surface area (Å²) in [6.45, 7) is 5.75. The van der Waals surface area contributed by atoms with Crippen molar-refractivity contribution in [3.05, 3.63) is 30.1 Å². The lowest BCUT2D eigenvalue weighted by Gasteiger charge is -2.26. The van der Waals surface area contributed by atoms with E-state index in [-0.39, 0.29) is 0 Å². The van der Waals surface area contributed by atoms with Gasteiger partial charge < -0.3 is 14.8 Å². The van der Waals surface area contributed by atoms with Crippen molar-refractivity contribution < 1.29 is 0 Å². The first kappa shape index (κ1) is 14.5. The van der Waals surface area contributed by atoms with E-state index in [0.717, 1.165) is 24.4 Å². The molecule has 0 radical (unpaired) electrons. The van der Waals surface area contributed by atoms with E-state index in [1.54, 1.807) is 0 Å². The average Bonchev–Trinajstić information content (AvgIpc) is 2.85. The van der Waals surface area contributed by atoms with Crippen LogP contribution >= 0.6 is 0 Å². The van der Waals surface area contributed by atoms with Gasteiger partial charge in [0.25, 0.3) is 0 Å². The second kappa shape index (κ2) is 7.05. The van der Waals surface area contributed by atoms with Crippen LogP contribution in [0.5, 0.6) is 0 Å². The van der Waals surface area contributed by atoms with E-state index in [1.807, 2.05) is 6.07 Å². The number of rotatable bonds is 6. The fourth-order valence-electron chi connectivity index (χ4n) is 3.16. The molecule has 0 spiro atoms. The second-order valence-corrected chi connectivity index (χ2v) is 6.01. The summed E-state index contributed by atoms with van der Waals surface area (Å²) in [6.07, 6.45) is 5.41. The minimum Gasteiger partial charge on any atom is -0.330 e. The summed E-state index contributed by atoms with van der Waals surface area (Å²) in [5.74, 6) is 1.12. The zero-order valence-electron chi connectivity index (χ0n) is 13.0. The summed E-state index contributed by atoms with van der Waals surface area (Å²) in [5.41, 5.74) is 2.30. The molecule has 0 amide bonds. The number of imidazole rings is 1. The molecule has 1 aliphatic rings. The fraction of sp³-hybridized carbons (Fsp3) is 0.588. The van der Waals surface area contributed by atoms with Crippen LogP contribution in [0.4, 0.5) is 0 Å². The molecule has 4 nitrogen and oxygen atoms in total. The third-order valence-electron chi connectivity index (χ3n) is 4.44. The molecule has 1 aromatic heterocycles. The third kappa shape index (κ3) is 3.63. The Morgan fingerprint density at radius 1 is 1.14 bits per heavy atom. The van der Waals surface area contributed by atoms with Gasteiger partial charge in [-0.15, -0.1) is 0 Å². The third-order valence-corrected chi connectivity index (χ3v) is 4.44. The Balaban J connectivity index is 1.43. The van der Waals surface area contributed by atoms with Crippen molar-refractivity contribution in [2.24, 2.45) is 7.05 Å². The van der Waals surface area contributed by atoms with E-state index < -0.39 is 0 Å². The maximum atomic E-state index is 4.69. The maximum absolute atomic E-state index is 4.69. The molecule has 21 heavy (non-hydrogen) atoms. The molecule has 0 saturated carbocycles. The van der Waals surface area contributed by atoms with Crippen molar-refractivity contribution in [2.75, 3.05) is 26.2 Å². The van der Waals surface area contributed by atoms with Crippen molar-refractivity contribution in [3.8, 4) is 0 Å². The molecule has 2 heterocycles. The Bertz CT molecular complexity index is 569. The van der Waals surface area contributed by atoms with Crippen molar-refractivity contribution in [3.63, 3.8) is 0 Å². The fourth-order valence-corrected chi connectivity index (χ4v) is 3.16. The number of benzene rings is 1. The predicted molar refractivity (Wildman–Crippen MR) is 87.3 cm³/mol. The molecule has 0 bridgehead atoms. The molecule has 0 aliphatic carbocycles. The molecule has 1 aromatic carbocycles. The lowest BCUT2D eigenvalue weighted by atomic mass is 10.1. The van der Waals surface area contributed by atoms with Crippen LogP contribution in [0.15, 0.2) is 24.3 Å². The quantitative estimate of drug-likeness (QED) is 0.829. The van der Waals surface area contributed by atoms with Gasteiger partial charge in [0.05, 0.1) is 17.6 Å². The lowest BCUT2D eigenvalue weighted by Crippen LogP contribution is -2.32. The van der Waals surface area contributed by atoms with Gasteiger partial charge >= 0.3 is 0 Å². The number of nitrogens with one attached hydrogen (secondary N) is 1. The highest BCUT2D eigenvalue weighted by molar-refractivity contribution is 5.75. The van der Waals surface area contributed by atoms with E-state index in [0.29, 0.717) is 0 Å². The van der Waals surface area contributed by atoms with Crippen LogP contribution in [0.25, 0.3) is 11.0 Å². The van der Waals surface area contributed by atoms with Crippen molar-refractivity contribution >= 4 is 11.0 Å². The van der Waals surface area contributed by atoms with E-state index >= 15 is 0 Å². The summed E-state index contributed by atoms with van der Waals surface area (Å²) in [5, 5.41) is 3.53. The summed E-state index contributed by atoms with van der Waals surface area (Å²) in [6, 6.07) is 8.32. The van der Waals surface area contributed by atoms with Crippen LogP contribution < -0.4 is 5.32 Å². The first-order valence-electron chi connectivity index (χ1n) is 8.18. The minimum atomic E-state index is 0.852. The van der Waals surface area contributed by atoms with Gasteiger partial charge in [-0.3, -0.25) is 0 Å². The smallest absolute Gasteiger partial charge is 0.123 e. The van der Waals surface area contributed by atoms with Gasteiger partial charge in [0.2, 0.25) is 0 Å². The molecule has 1 fully saturated rings. The summed E-state index contributed by atoms with van der Waals surface area (Å²) < 4.78 is 2.19. The van der Waals surface area contributed by atoms with Crippen LogP contribution in [0.3, 0.4) is 0 Å². The molecular formula is C17H26N4. The standard InChI is InChI=1S/C17H26N4/c1-20-16-9-4-3-8-15(16)19-17(20)14-18-10-7-13-21-11-5-2-6-12-21/h3-4,8-9,18H,2,5-7,10-14H2,1H3. The lowest BCUT2D eigenvalue weighted by molar-refractivity contribution is 0.225. The number of hydrogen-bond donors (Lipinski definition) is 1. The Hall–Kier alpha value is -1.39. The topological polar surface area (TPSA) is 33.1 Å². The summed E-state index contributed by atoms with van der Waals surface area (Å²) in [4.78, 5) is 7.29. The summed E-state index contributed by atoms with van der Waals surface area (Å²) in [7, 11) is 2.10. The number of likely N-dealkylation sites (tertiary alicyclic amines) is 1. The van der Waals surface area contributed by atoms with Gasteiger partial charge in [-0.05, 0) is 57.6 Å². The van der Waals surface area contributed by atoms with E-state index in [2.05, 4.69) is 45.0 Å². The largest absolute Gasteiger partial charge is 0.330 e. The molecule has 1 N–H and O–H groups in total. The number of nitrogens with zero attached hydrogens (tertiary/aromatic N) is 3. The number of piperidine rings is 1.